The van der Waals surface area contributed by atoms with Crippen LogP contribution in [0.2, 0.25) is 5.02 Å². The van der Waals surface area contributed by atoms with Gasteiger partial charge >= 0.3 is 0 Å². The molecule has 0 aliphatic carbocycles. The fraction of sp³-hybridized carbons (Fsp3) is 0.304. The van der Waals surface area contributed by atoms with Gasteiger partial charge in [-0.15, -0.1) is 0 Å². The highest BCUT2D eigenvalue weighted by molar-refractivity contribution is 6.31. The van der Waals surface area contributed by atoms with E-state index in [9.17, 15) is 4.79 Å². The second kappa shape index (κ2) is 8.39. The molecule has 5 nitrogen and oxygen atoms in total. The molecule has 0 radical (unpaired) electrons. The monoisotopic (exact) mass is 408 g/mol. The van der Waals surface area contributed by atoms with E-state index in [2.05, 4.69) is 35.0 Å². The summed E-state index contributed by atoms with van der Waals surface area (Å²) in [5.74, 6) is 0.851. The van der Waals surface area contributed by atoms with Crippen molar-refractivity contribution in [1.82, 2.24) is 9.88 Å². The lowest BCUT2D eigenvalue weighted by atomic mass is 10.1. The first-order valence-corrected chi connectivity index (χ1v) is 10.4. The highest BCUT2D eigenvalue weighted by Gasteiger charge is 2.18. The Bertz CT molecular complexity index is 1040. The van der Waals surface area contributed by atoms with Gasteiger partial charge in [0.05, 0.1) is 5.52 Å². The number of carbonyl (C=O) groups excluding carboxylic acids is 1. The first-order valence-electron chi connectivity index (χ1n) is 9.99. The molecule has 1 aromatic heterocycles. The molecule has 0 bridgehead atoms. The number of benzene rings is 2. The van der Waals surface area contributed by atoms with E-state index in [0.29, 0.717) is 10.6 Å². The standard InChI is InChI=1S/C23H25ClN4O/c1-3-27-9-11-28(12-10-27)22-13-16(2)20-15-19(7-8-21(20)26-22)25-23(29)17-5-4-6-18(24)14-17/h4-8,13-15H,3,9-12H2,1-2H3,(H,25,29). The fourth-order valence-electron chi connectivity index (χ4n) is 3.74. The van der Waals surface area contributed by atoms with Crippen molar-refractivity contribution in [3.63, 3.8) is 0 Å². The second-order valence-electron chi connectivity index (χ2n) is 7.42. The lowest BCUT2D eigenvalue weighted by molar-refractivity contribution is 0.102. The smallest absolute Gasteiger partial charge is 0.255 e. The van der Waals surface area contributed by atoms with Crippen molar-refractivity contribution in [2.45, 2.75) is 13.8 Å². The minimum atomic E-state index is -0.178. The van der Waals surface area contributed by atoms with Crippen molar-refractivity contribution in [3.8, 4) is 0 Å². The number of nitrogens with zero attached hydrogens (tertiary/aromatic N) is 3. The molecule has 6 heteroatoms. The number of aryl methyl sites for hydroxylation is 1. The van der Waals surface area contributed by atoms with Gasteiger partial charge in [-0.1, -0.05) is 24.6 Å². The van der Waals surface area contributed by atoms with Crippen LogP contribution in [0.5, 0.6) is 0 Å². The maximum Gasteiger partial charge on any atom is 0.255 e. The van der Waals surface area contributed by atoms with Crippen LogP contribution in [0.3, 0.4) is 0 Å². The molecular formula is C23H25ClN4O. The lowest BCUT2D eigenvalue weighted by Gasteiger charge is -2.35. The number of likely N-dealkylation sites (N-methyl/N-ethyl adjacent to an activating group) is 1. The van der Waals surface area contributed by atoms with Gasteiger partial charge in [-0.05, 0) is 61.5 Å². The molecule has 29 heavy (non-hydrogen) atoms. The van der Waals surface area contributed by atoms with Gasteiger partial charge in [0.2, 0.25) is 0 Å². The Morgan fingerprint density at radius 1 is 1.10 bits per heavy atom. The maximum atomic E-state index is 12.5. The van der Waals surface area contributed by atoms with Crippen molar-refractivity contribution >= 4 is 39.9 Å². The summed E-state index contributed by atoms with van der Waals surface area (Å²) in [5, 5.41) is 4.54. The average molecular weight is 409 g/mol. The van der Waals surface area contributed by atoms with Crippen molar-refractivity contribution in [2.24, 2.45) is 0 Å². The summed E-state index contributed by atoms with van der Waals surface area (Å²) < 4.78 is 0. The van der Waals surface area contributed by atoms with E-state index < -0.39 is 0 Å². The van der Waals surface area contributed by atoms with E-state index in [1.165, 1.54) is 0 Å². The molecule has 1 amide bonds. The fourth-order valence-corrected chi connectivity index (χ4v) is 3.93. The number of fused-ring (bicyclic) bond motifs is 1. The lowest BCUT2D eigenvalue weighted by Crippen LogP contribution is -2.46. The summed E-state index contributed by atoms with van der Waals surface area (Å²) in [6.07, 6.45) is 0. The molecule has 0 atom stereocenters. The number of hydrogen-bond acceptors (Lipinski definition) is 4. The van der Waals surface area contributed by atoms with E-state index in [1.54, 1.807) is 24.3 Å². The van der Waals surface area contributed by atoms with Crippen LogP contribution in [0.4, 0.5) is 11.5 Å². The summed E-state index contributed by atoms with van der Waals surface area (Å²) in [6.45, 7) is 9.55. The number of halogens is 1. The third-order valence-corrected chi connectivity index (χ3v) is 5.73. The minimum absolute atomic E-state index is 0.178. The van der Waals surface area contributed by atoms with Gasteiger partial charge < -0.3 is 15.1 Å². The average Bonchev–Trinajstić information content (AvgIpc) is 2.74. The van der Waals surface area contributed by atoms with Crippen LogP contribution in [0.15, 0.2) is 48.5 Å². The minimum Gasteiger partial charge on any atom is -0.354 e. The Labute approximate surface area is 176 Å². The summed E-state index contributed by atoms with van der Waals surface area (Å²) in [4.78, 5) is 22.2. The molecule has 2 aromatic carbocycles. The third kappa shape index (κ3) is 4.36. The zero-order valence-corrected chi connectivity index (χ0v) is 17.5. The van der Waals surface area contributed by atoms with Gasteiger partial charge in [-0.25, -0.2) is 4.98 Å². The molecule has 0 unspecified atom stereocenters. The van der Waals surface area contributed by atoms with E-state index in [0.717, 1.165) is 60.7 Å². The largest absolute Gasteiger partial charge is 0.354 e. The van der Waals surface area contributed by atoms with Gasteiger partial charge in [-0.2, -0.15) is 0 Å². The molecule has 1 aliphatic heterocycles. The van der Waals surface area contributed by atoms with Crippen molar-refractivity contribution in [1.29, 1.82) is 0 Å². The number of anilines is 2. The van der Waals surface area contributed by atoms with Crippen LogP contribution >= 0.6 is 11.6 Å². The number of aromatic nitrogens is 1. The number of rotatable bonds is 4. The number of pyridine rings is 1. The van der Waals surface area contributed by atoms with Crippen LogP contribution in [-0.4, -0.2) is 48.5 Å². The highest BCUT2D eigenvalue weighted by atomic mass is 35.5. The maximum absolute atomic E-state index is 12.5. The predicted octanol–water partition coefficient (Wildman–Crippen LogP) is 4.59. The Hall–Kier alpha value is -2.63. The SMILES string of the molecule is CCN1CCN(c2cc(C)c3cc(NC(=O)c4cccc(Cl)c4)ccc3n2)CC1. The Morgan fingerprint density at radius 2 is 1.90 bits per heavy atom. The quantitative estimate of drug-likeness (QED) is 0.685. The number of hydrogen-bond donors (Lipinski definition) is 1. The predicted molar refractivity (Wildman–Crippen MR) is 120 cm³/mol. The van der Waals surface area contributed by atoms with Crippen LogP contribution in [0.25, 0.3) is 10.9 Å². The van der Waals surface area contributed by atoms with Crippen molar-refractivity contribution < 1.29 is 4.79 Å². The van der Waals surface area contributed by atoms with Crippen LogP contribution in [-0.2, 0) is 0 Å². The topological polar surface area (TPSA) is 48.5 Å². The van der Waals surface area contributed by atoms with Crippen LogP contribution in [0.1, 0.15) is 22.8 Å². The summed E-state index contributed by atoms with van der Waals surface area (Å²) in [5.41, 5.74) is 3.38. The molecule has 1 fully saturated rings. The number of nitrogens with one attached hydrogen (secondary N) is 1. The third-order valence-electron chi connectivity index (χ3n) is 5.49. The highest BCUT2D eigenvalue weighted by Crippen LogP contribution is 2.26. The Kier molecular flexibility index (Phi) is 5.69. The number of amides is 1. The van der Waals surface area contributed by atoms with Gasteiger partial charge in [0.15, 0.2) is 0 Å². The molecule has 1 saturated heterocycles. The summed E-state index contributed by atoms with van der Waals surface area (Å²) in [7, 11) is 0. The van der Waals surface area contributed by atoms with Gasteiger partial charge in [0, 0.05) is 47.8 Å². The number of piperazine rings is 1. The molecular weight excluding hydrogens is 384 g/mol. The van der Waals surface area contributed by atoms with E-state index >= 15 is 0 Å². The molecule has 3 aromatic rings. The molecule has 1 N–H and O–H groups in total. The summed E-state index contributed by atoms with van der Waals surface area (Å²) >= 11 is 5.99. The molecule has 150 valence electrons. The first kappa shape index (κ1) is 19.7. The Morgan fingerprint density at radius 3 is 2.62 bits per heavy atom. The summed E-state index contributed by atoms with van der Waals surface area (Å²) in [6, 6.07) is 14.9. The Balaban J connectivity index is 1.55. The molecule has 1 aliphatic rings. The van der Waals surface area contributed by atoms with Crippen molar-refractivity contribution in [3.05, 3.63) is 64.7 Å². The van der Waals surface area contributed by atoms with E-state index in [1.807, 2.05) is 18.2 Å². The van der Waals surface area contributed by atoms with Crippen molar-refractivity contribution in [2.75, 3.05) is 42.9 Å². The zero-order chi connectivity index (χ0) is 20.4. The molecule has 0 saturated carbocycles. The van der Waals surface area contributed by atoms with Gasteiger partial charge in [-0.3, -0.25) is 4.79 Å². The van der Waals surface area contributed by atoms with Crippen LogP contribution < -0.4 is 10.2 Å². The first-order chi connectivity index (χ1) is 14.0. The number of carbonyl (C=O) groups is 1. The van der Waals surface area contributed by atoms with E-state index in [4.69, 9.17) is 16.6 Å². The second-order valence-corrected chi connectivity index (χ2v) is 7.85. The van der Waals surface area contributed by atoms with E-state index in [-0.39, 0.29) is 5.91 Å². The normalized spacial score (nSPS) is 14.9. The zero-order valence-electron chi connectivity index (χ0n) is 16.8. The van der Waals surface area contributed by atoms with Gasteiger partial charge in [0.1, 0.15) is 5.82 Å². The van der Waals surface area contributed by atoms with Crippen LogP contribution in [0, 0.1) is 6.92 Å². The van der Waals surface area contributed by atoms with Gasteiger partial charge in [0.25, 0.3) is 5.91 Å². The molecule has 0 spiro atoms. The molecule has 2 heterocycles. The molecule has 4 rings (SSSR count).